The fourth-order valence-corrected chi connectivity index (χ4v) is 3.80. The van der Waals surface area contributed by atoms with Crippen LogP contribution in [0.4, 0.5) is 0 Å². The molecule has 0 saturated heterocycles. The van der Waals surface area contributed by atoms with Crippen LogP contribution in [0.3, 0.4) is 0 Å². The summed E-state index contributed by atoms with van der Waals surface area (Å²) in [7, 11) is 1.16. The van der Waals surface area contributed by atoms with E-state index in [0.717, 1.165) is 12.7 Å². The number of hydrogen-bond acceptors (Lipinski definition) is 6. The summed E-state index contributed by atoms with van der Waals surface area (Å²) in [5.41, 5.74) is -3.48. The Kier molecular flexibility index (Phi) is 3.50. The molecule has 0 fully saturated rings. The van der Waals surface area contributed by atoms with Crippen molar-refractivity contribution in [2.45, 2.75) is 17.9 Å². The molecular formula is C20H17NO5. The van der Waals surface area contributed by atoms with E-state index in [4.69, 9.17) is 4.74 Å². The van der Waals surface area contributed by atoms with E-state index in [-0.39, 0.29) is 23.2 Å². The van der Waals surface area contributed by atoms with E-state index < -0.39 is 23.1 Å². The quantitative estimate of drug-likeness (QED) is 0.812. The minimum Gasteiger partial charge on any atom is -0.466 e. The van der Waals surface area contributed by atoms with Crippen molar-refractivity contribution in [3.05, 3.63) is 83.1 Å². The Balaban J connectivity index is 1.91. The summed E-state index contributed by atoms with van der Waals surface area (Å²) in [4.78, 5) is 26.6. The number of carbonyl (C=O) groups is 2. The highest BCUT2D eigenvalue weighted by molar-refractivity contribution is 6.16. The molecule has 132 valence electrons. The Labute approximate surface area is 149 Å². The summed E-state index contributed by atoms with van der Waals surface area (Å²) in [6, 6.07) is 15.7. The van der Waals surface area contributed by atoms with Crippen molar-refractivity contribution >= 4 is 11.8 Å². The third kappa shape index (κ3) is 1.88. The molecule has 2 aliphatic rings. The maximum atomic E-state index is 12.9. The number of fused-ring (bicyclic) bond motifs is 3. The first-order chi connectivity index (χ1) is 12.4. The second kappa shape index (κ2) is 5.52. The molecule has 0 amide bonds. The fraction of sp³-hybridized carbons (Fsp3) is 0.200. The first-order valence-corrected chi connectivity index (χ1v) is 8.15. The Morgan fingerprint density at radius 3 is 2.42 bits per heavy atom. The lowest BCUT2D eigenvalue weighted by atomic mass is 9.85. The van der Waals surface area contributed by atoms with Crippen LogP contribution in [0.5, 0.6) is 0 Å². The van der Waals surface area contributed by atoms with Gasteiger partial charge in [-0.15, -0.1) is 0 Å². The first-order valence-electron chi connectivity index (χ1n) is 8.15. The van der Waals surface area contributed by atoms with Gasteiger partial charge in [-0.2, -0.15) is 0 Å². The fourth-order valence-electron chi connectivity index (χ4n) is 3.80. The number of aliphatic hydroxyl groups is 2. The normalized spacial score (nSPS) is 26.3. The molecule has 1 aliphatic carbocycles. The highest BCUT2D eigenvalue weighted by Gasteiger charge is 2.71. The topological polar surface area (TPSA) is 87.1 Å². The SMILES string of the molecule is COC(=O)C1=CN(Cc2ccccc2)[C@@]2(O)c3ccccc3C(=O)[C@@]12O. The highest BCUT2D eigenvalue weighted by atomic mass is 16.5. The largest absolute Gasteiger partial charge is 0.466 e. The Morgan fingerprint density at radius 2 is 1.73 bits per heavy atom. The molecule has 2 aromatic rings. The number of methoxy groups -OCH3 is 1. The van der Waals surface area contributed by atoms with E-state index in [1.165, 1.54) is 17.2 Å². The van der Waals surface area contributed by atoms with Gasteiger partial charge in [0.25, 0.3) is 0 Å². The van der Waals surface area contributed by atoms with Gasteiger partial charge in [0.15, 0.2) is 0 Å². The van der Waals surface area contributed by atoms with Crippen molar-refractivity contribution in [3.63, 3.8) is 0 Å². The number of carbonyl (C=O) groups excluding carboxylic acids is 2. The van der Waals surface area contributed by atoms with Crippen molar-refractivity contribution < 1.29 is 24.5 Å². The number of rotatable bonds is 3. The van der Waals surface area contributed by atoms with Gasteiger partial charge in [-0.3, -0.25) is 4.79 Å². The standard InChI is InChI=1S/C20H17NO5/c1-26-18(23)16-12-21(11-13-7-3-2-4-8-13)20(25)15-10-6-5-9-14(15)17(22)19(16,20)24/h2-10,12,24-25H,11H2,1H3/t19-,20+/m0/s1. The van der Waals surface area contributed by atoms with Crippen LogP contribution in [-0.4, -0.2) is 39.6 Å². The highest BCUT2D eigenvalue weighted by Crippen LogP contribution is 2.54. The van der Waals surface area contributed by atoms with E-state index in [2.05, 4.69) is 0 Å². The van der Waals surface area contributed by atoms with E-state index in [9.17, 15) is 19.8 Å². The molecule has 0 bridgehead atoms. The van der Waals surface area contributed by atoms with E-state index in [1.54, 1.807) is 18.2 Å². The van der Waals surface area contributed by atoms with Gasteiger partial charge in [-0.05, 0) is 5.56 Å². The van der Waals surface area contributed by atoms with Gasteiger partial charge in [-0.1, -0.05) is 54.6 Å². The van der Waals surface area contributed by atoms with Gasteiger partial charge in [0.2, 0.25) is 17.1 Å². The van der Waals surface area contributed by atoms with Crippen molar-refractivity contribution in [3.8, 4) is 0 Å². The van der Waals surface area contributed by atoms with Crippen LogP contribution < -0.4 is 0 Å². The zero-order valence-corrected chi connectivity index (χ0v) is 14.0. The number of ketones is 1. The second-order valence-corrected chi connectivity index (χ2v) is 6.41. The molecule has 0 aromatic heterocycles. The molecule has 26 heavy (non-hydrogen) atoms. The monoisotopic (exact) mass is 351 g/mol. The number of hydrogen-bond donors (Lipinski definition) is 2. The van der Waals surface area contributed by atoms with Crippen molar-refractivity contribution in [2.24, 2.45) is 0 Å². The summed E-state index contributed by atoms with van der Waals surface area (Å²) < 4.78 is 4.74. The third-order valence-electron chi connectivity index (χ3n) is 5.07. The molecule has 2 aromatic carbocycles. The molecule has 6 nitrogen and oxygen atoms in total. The molecular weight excluding hydrogens is 334 g/mol. The zero-order chi connectivity index (χ0) is 18.5. The molecule has 0 spiro atoms. The summed E-state index contributed by atoms with van der Waals surface area (Å²) in [6.45, 7) is 0.196. The average molecular weight is 351 g/mol. The summed E-state index contributed by atoms with van der Waals surface area (Å²) in [5.74, 6) is -1.58. The van der Waals surface area contributed by atoms with Crippen molar-refractivity contribution in [1.29, 1.82) is 0 Å². The molecule has 0 radical (unpaired) electrons. The maximum Gasteiger partial charge on any atom is 0.338 e. The second-order valence-electron chi connectivity index (χ2n) is 6.41. The molecule has 0 saturated carbocycles. The average Bonchev–Trinajstić information content (AvgIpc) is 3.00. The molecule has 4 rings (SSSR count). The van der Waals surface area contributed by atoms with E-state index in [1.807, 2.05) is 30.3 Å². The van der Waals surface area contributed by atoms with Crippen LogP contribution in [0, 0.1) is 0 Å². The van der Waals surface area contributed by atoms with Crippen molar-refractivity contribution in [1.82, 2.24) is 4.90 Å². The lowest BCUT2D eigenvalue weighted by Crippen LogP contribution is -2.57. The lowest BCUT2D eigenvalue weighted by Gasteiger charge is -2.39. The number of esters is 1. The van der Waals surface area contributed by atoms with Gasteiger partial charge >= 0.3 is 5.97 Å². The third-order valence-corrected chi connectivity index (χ3v) is 5.07. The Morgan fingerprint density at radius 1 is 1.08 bits per heavy atom. The lowest BCUT2D eigenvalue weighted by molar-refractivity contribution is -0.175. The summed E-state index contributed by atoms with van der Waals surface area (Å²) in [6.07, 6.45) is 1.31. The van der Waals surface area contributed by atoms with Gasteiger partial charge in [0.05, 0.1) is 12.7 Å². The van der Waals surface area contributed by atoms with E-state index >= 15 is 0 Å². The minimum absolute atomic E-state index is 0.185. The van der Waals surface area contributed by atoms with Crippen LogP contribution in [0.25, 0.3) is 0 Å². The predicted octanol–water partition coefficient (Wildman–Crippen LogP) is 1.33. The first kappa shape index (κ1) is 16.5. The van der Waals surface area contributed by atoms with Crippen LogP contribution >= 0.6 is 0 Å². The van der Waals surface area contributed by atoms with Gasteiger partial charge in [0.1, 0.15) is 0 Å². The van der Waals surface area contributed by atoms with Gasteiger partial charge in [0, 0.05) is 23.9 Å². The Bertz CT molecular complexity index is 938. The van der Waals surface area contributed by atoms with Crippen LogP contribution in [0.2, 0.25) is 0 Å². The number of nitrogens with zero attached hydrogens (tertiary/aromatic N) is 1. The number of benzene rings is 2. The molecule has 1 aliphatic heterocycles. The molecule has 6 heteroatoms. The zero-order valence-electron chi connectivity index (χ0n) is 14.0. The van der Waals surface area contributed by atoms with Gasteiger partial charge < -0.3 is 19.8 Å². The number of ether oxygens (including phenoxy) is 1. The molecule has 2 atom stereocenters. The minimum atomic E-state index is -2.42. The van der Waals surface area contributed by atoms with Crippen LogP contribution in [-0.2, 0) is 21.8 Å². The Hall–Kier alpha value is -2.96. The van der Waals surface area contributed by atoms with Crippen LogP contribution in [0.15, 0.2) is 66.4 Å². The summed E-state index contributed by atoms with van der Waals surface area (Å²) in [5, 5.41) is 22.8. The summed E-state index contributed by atoms with van der Waals surface area (Å²) >= 11 is 0. The molecule has 2 N–H and O–H groups in total. The van der Waals surface area contributed by atoms with Crippen molar-refractivity contribution in [2.75, 3.05) is 7.11 Å². The van der Waals surface area contributed by atoms with Gasteiger partial charge in [-0.25, -0.2) is 4.79 Å². The van der Waals surface area contributed by atoms with Crippen LogP contribution in [0.1, 0.15) is 21.5 Å². The molecule has 1 heterocycles. The van der Waals surface area contributed by atoms with E-state index in [0.29, 0.717) is 0 Å². The predicted molar refractivity (Wildman–Crippen MR) is 91.7 cm³/mol. The molecule has 0 unspecified atom stereocenters. The number of Topliss-reactive ketones (excluding diaryl/α,β-unsaturated/α-hetero) is 1. The smallest absolute Gasteiger partial charge is 0.338 e. The maximum absolute atomic E-state index is 12.9.